The second-order valence-electron chi connectivity index (χ2n) is 5.88. The van der Waals surface area contributed by atoms with Crippen LogP contribution in [-0.4, -0.2) is 34.9 Å². The van der Waals surface area contributed by atoms with Crippen LogP contribution in [0.25, 0.3) is 0 Å². The summed E-state index contributed by atoms with van der Waals surface area (Å²) in [5.41, 5.74) is 7.91. The first kappa shape index (κ1) is 15.7. The van der Waals surface area contributed by atoms with Crippen LogP contribution in [0.15, 0.2) is 42.7 Å². The molecule has 0 saturated carbocycles. The number of nitrogens with zero attached hydrogens (tertiary/aromatic N) is 2. The molecule has 1 aliphatic heterocycles. The molecule has 0 bridgehead atoms. The minimum atomic E-state index is -0.503. The van der Waals surface area contributed by atoms with Crippen molar-refractivity contribution in [2.75, 3.05) is 18.5 Å². The van der Waals surface area contributed by atoms with Crippen LogP contribution in [0.1, 0.15) is 18.4 Å². The number of hydrogen-bond acceptors (Lipinski definition) is 4. The Bertz CT molecular complexity index is 635. The zero-order valence-electron chi connectivity index (χ0n) is 13.0. The van der Waals surface area contributed by atoms with Crippen LogP contribution >= 0.6 is 0 Å². The van der Waals surface area contributed by atoms with Gasteiger partial charge in [0.2, 0.25) is 5.91 Å². The van der Waals surface area contributed by atoms with Gasteiger partial charge in [0, 0.05) is 19.4 Å². The van der Waals surface area contributed by atoms with Crippen molar-refractivity contribution in [3.05, 3.63) is 48.3 Å². The first-order chi connectivity index (χ1) is 11.2. The van der Waals surface area contributed by atoms with Crippen LogP contribution in [0.4, 0.5) is 5.69 Å². The lowest BCUT2D eigenvalue weighted by atomic mass is 9.92. The van der Waals surface area contributed by atoms with E-state index in [0.29, 0.717) is 25.4 Å². The van der Waals surface area contributed by atoms with Crippen LogP contribution in [0.2, 0.25) is 0 Å². The van der Waals surface area contributed by atoms with Gasteiger partial charge < -0.3 is 15.8 Å². The standard InChI is InChI=1S/C17H22N4O2/c18-16(14-6-8-23-9-7-14)17(22)20-15-10-19-21(12-15)11-13-4-2-1-3-5-13/h1-5,10,12,14,16H,6-9,11,18H2,(H,20,22). The van der Waals surface area contributed by atoms with Gasteiger partial charge in [0.15, 0.2) is 0 Å². The molecule has 2 heterocycles. The molecule has 1 unspecified atom stereocenters. The fourth-order valence-corrected chi connectivity index (χ4v) is 2.80. The van der Waals surface area contributed by atoms with Crippen LogP contribution in [0.5, 0.6) is 0 Å². The van der Waals surface area contributed by atoms with Crippen molar-refractivity contribution in [3.63, 3.8) is 0 Å². The summed E-state index contributed by atoms with van der Waals surface area (Å²) in [6.45, 7) is 2.03. The fourth-order valence-electron chi connectivity index (χ4n) is 2.80. The smallest absolute Gasteiger partial charge is 0.241 e. The number of anilines is 1. The third-order valence-electron chi connectivity index (χ3n) is 4.16. The van der Waals surface area contributed by atoms with Gasteiger partial charge in [0.25, 0.3) is 0 Å². The van der Waals surface area contributed by atoms with Crippen molar-refractivity contribution >= 4 is 11.6 Å². The summed E-state index contributed by atoms with van der Waals surface area (Å²) in [4.78, 5) is 12.3. The molecule has 1 aliphatic rings. The normalized spacial score (nSPS) is 16.9. The van der Waals surface area contributed by atoms with E-state index in [1.54, 1.807) is 10.9 Å². The Balaban J connectivity index is 1.56. The van der Waals surface area contributed by atoms with Crippen molar-refractivity contribution in [2.45, 2.75) is 25.4 Å². The van der Waals surface area contributed by atoms with E-state index >= 15 is 0 Å². The van der Waals surface area contributed by atoms with Gasteiger partial charge in [-0.3, -0.25) is 9.48 Å². The predicted octanol–water partition coefficient (Wildman–Crippen LogP) is 1.62. The molecular formula is C17H22N4O2. The molecule has 0 spiro atoms. The van der Waals surface area contributed by atoms with Crippen molar-refractivity contribution < 1.29 is 9.53 Å². The summed E-state index contributed by atoms with van der Waals surface area (Å²) < 4.78 is 7.10. The van der Waals surface area contributed by atoms with Crippen molar-refractivity contribution in [3.8, 4) is 0 Å². The van der Waals surface area contributed by atoms with E-state index in [2.05, 4.69) is 10.4 Å². The SMILES string of the molecule is NC(C(=O)Nc1cnn(Cc2ccccc2)c1)C1CCOCC1. The topological polar surface area (TPSA) is 82.2 Å². The Kier molecular flexibility index (Phi) is 5.05. The van der Waals surface area contributed by atoms with Gasteiger partial charge in [-0.2, -0.15) is 5.10 Å². The number of carbonyl (C=O) groups is 1. The van der Waals surface area contributed by atoms with Crippen LogP contribution in [0, 0.1) is 5.92 Å². The average molecular weight is 314 g/mol. The van der Waals surface area contributed by atoms with Gasteiger partial charge in [0.05, 0.1) is 24.5 Å². The van der Waals surface area contributed by atoms with Gasteiger partial charge in [-0.1, -0.05) is 30.3 Å². The Hall–Kier alpha value is -2.18. The van der Waals surface area contributed by atoms with Crippen LogP contribution in [0.3, 0.4) is 0 Å². The highest BCUT2D eigenvalue weighted by Gasteiger charge is 2.26. The van der Waals surface area contributed by atoms with E-state index < -0.39 is 6.04 Å². The molecule has 1 fully saturated rings. The number of nitrogens with two attached hydrogens (primary N) is 1. The Morgan fingerprint density at radius 2 is 2.09 bits per heavy atom. The zero-order valence-corrected chi connectivity index (χ0v) is 13.0. The van der Waals surface area contributed by atoms with Crippen LogP contribution in [-0.2, 0) is 16.1 Å². The van der Waals surface area contributed by atoms with Gasteiger partial charge in [-0.25, -0.2) is 0 Å². The molecule has 1 aromatic carbocycles. The zero-order chi connectivity index (χ0) is 16.1. The second-order valence-corrected chi connectivity index (χ2v) is 5.88. The van der Waals surface area contributed by atoms with E-state index in [0.717, 1.165) is 18.4 Å². The molecule has 1 atom stereocenters. The maximum atomic E-state index is 12.3. The molecule has 1 aromatic heterocycles. The highest BCUT2D eigenvalue weighted by Crippen LogP contribution is 2.19. The average Bonchev–Trinajstić information content (AvgIpc) is 3.02. The molecule has 3 rings (SSSR count). The number of amides is 1. The predicted molar refractivity (Wildman–Crippen MR) is 87.9 cm³/mol. The number of aromatic nitrogens is 2. The largest absolute Gasteiger partial charge is 0.381 e. The maximum absolute atomic E-state index is 12.3. The van der Waals surface area contributed by atoms with E-state index in [-0.39, 0.29) is 11.8 Å². The monoisotopic (exact) mass is 314 g/mol. The number of ether oxygens (including phenoxy) is 1. The molecule has 1 amide bonds. The summed E-state index contributed by atoms with van der Waals surface area (Å²) >= 11 is 0. The minimum Gasteiger partial charge on any atom is -0.381 e. The van der Waals surface area contributed by atoms with Gasteiger partial charge in [-0.15, -0.1) is 0 Å². The molecule has 122 valence electrons. The number of hydrogen-bond donors (Lipinski definition) is 2. The molecule has 0 aliphatic carbocycles. The quantitative estimate of drug-likeness (QED) is 0.878. The van der Waals surface area contributed by atoms with Crippen molar-refractivity contribution in [2.24, 2.45) is 11.7 Å². The van der Waals surface area contributed by atoms with Crippen LogP contribution < -0.4 is 11.1 Å². The fraction of sp³-hybridized carbons (Fsp3) is 0.412. The number of nitrogens with one attached hydrogen (secondary N) is 1. The first-order valence-corrected chi connectivity index (χ1v) is 7.93. The third-order valence-corrected chi connectivity index (χ3v) is 4.16. The molecule has 1 saturated heterocycles. The minimum absolute atomic E-state index is 0.156. The first-order valence-electron chi connectivity index (χ1n) is 7.93. The molecule has 0 radical (unpaired) electrons. The van der Waals surface area contributed by atoms with Gasteiger partial charge >= 0.3 is 0 Å². The Morgan fingerprint density at radius 3 is 2.83 bits per heavy atom. The Morgan fingerprint density at radius 1 is 1.35 bits per heavy atom. The molecule has 6 nitrogen and oxygen atoms in total. The van der Waals surface area contributed by atoms with E-state index in [4.69, 9.17) is 10.5 Å². The third kappa shape index (κ3) is 4.18. The second kappa shape index (κ2) is 7.39. The molecule has 6 heteroatoms. The molecular weight excluding hydrogens is 292 g/mol. The van der Waals surface area contributed by atoms with E-state index in [9.17, 15) is 4.79 Å². The maximum Gasteiger partial charge on any atom is 0.241 e. The summed E-state index contributed by atoms with van der Waals surface area (Å²) in [6.07, 6.45) is 5.14. The number of rotatable bonds is 5. The molecule has 2 aromatic rings. The van der Waals surface area contributed by atoms with Crippen molar-refractivity contribution in [1.82, 2.24) is 9.78 Å². The number of carbonyl (C=O) groups excluding carboxylic acids is 1. The van der Waals surface area contributed by atoms with E-state index in [1.807, 2.05) is 36.5 Å². The summed E-state index contributed by atoms with van der Waals surface area (Å²) in [7, 11) is 0. The van der Waals surface area contributed by atoms with Crippen molar-refractivity contribution in [1.29, 1.82) is 0 Å². The Labute approximate surface area is 135 Å². The summed E-state index contributed by atoms with van der Waals surface area (Å²) in [5, 5.41) is 7.13. The highest BCUT2D eigenvalue weighted by atomic mass is 16.5. The van der Waals surface area contributed by atoms with Gasteiger partial charge in [-0.05, 0) is 24.3 Å². The lowest BCUT2D eigenvalue weighted by molar-refractivity contribution is -0.119. The summed E-state index contributed by atoms with van der Waals surface area (Å²) in [6, 6.07) is 9.55. The van der Waals surface area contributed by atoms with Gasteiger partial charge in [0.1, 0.15) is 0 Å². The lowest BCUT2D eigenvalue weighted by Gasteiger charge is -2.26. The molecule has 3 N–H and O–H groups in total. The lowest BCUT2D eigenvalue weighted by Crippen LogP contribution is -2.43. The van der Waals surface area contributed by atoms with E-state index in [1.165, 1.54) is 0 Å². The highest BCUT2D eigenvalue weighted by molar-refractivity contribution is 5.94. The number of benzene rings is 1. The molecule has 23 heavy (non-hydrogen) atoms. The summed E-state index contributed by atoms with van der Waals surface area (Å²) in [5.74, 6) is 0.0271.